The van der Waals surface area contributed by atoms with Crippen molar-refractivity contribution in [2.75, 3.05) is 28.2 Å². The number of hydrogen-bond donors (Lipinski definition) is 7. The maximum Gasteiger partial charge on any atom is 0.426 e. The second-order valence-electron chi connectivity index (χ2n) is 3.53. The Morgan fingerprint density at radius 1 is 0.864 bits per heavy atom. The van der Waals surface area contributed by atoms with Crippen molar-refractivity contribution in [3.63, 3.8) is 0 Å². The van der Waals surface area contributed by atoms with Gasteiger partial charge in [0.1, 0.15) is 0 Å². The average Bonchev–Trinajstić information content (AvgIpc) is 2.29. The normalized spacial score (nSPS) is 8.82. The molecule has 0 heterocycles. The molecule has 134 valence electrons. The van der Waals surface area contributed by atoms with Crippen LogP contribution in [0, 0.1) is 22.1 Å². The van der Waals surface area contributed by atoms with Crippen molar-refractivity contribution in [3.05, 3.63) is 0 Å². The van der Waals surface area contributed by atoms with E-state index in [1.165, 1.54) is 0 Å². The zero-order valence-electron chi connectivity index (χ0n) is 13.5. The quantitative estimate of drug-likeness (QED) is 0.267. The van der Waals surface area contributed by atoms with Crippen LogP contribution >= 0.6 is 15.2 Å². The Kier molecular flexibility index (Phi) is 33.6. The molecule has 0 radical (unpaired) electrons. The molecule has 0 spiro atoms. The van der Waals surface area contributed by atoms with Gasteiger partial charge in [-0.05, 0) is 34.2 Å². The lowest BCUT2D eigenvalue weighted by molar-refractivity contribution is 0.386. The number of hydrogen-bond acceptors (Lipinski definition) is 7. The summed E-state index contributed by atoms with van der Waals surface area (Å²) in [4.78, 5) is 30.3. The summed E-state index contributed by atoms with van der Waals surface area (Å²) < 4.78 is 18.7. The first-order valence-corrected chi connectivity index (χ1v) is 8.77. The van der Waals surface area contributed by atoms with E-state index in [0.29, 0.717) is 6.04 Å². The van der Waals surface area contributed by atoms with Gasteiger partial charge in [0.05, 0.1) is 0 Å². The lowest BCUT2D eigenvalue weighted by atomic mass is 10.5. The van der Waals surface area contributed by atoms with Gasteiger partial charge in [-0.25, -0.2) is 9.13 Å². The lowest BCUT2D eigenvalue weighted by Crippen LogP contribution is -2.06. The van der Waals surface area contributed by atoms with Crippen LogP contribution in [-0.2, 0) is 9.13 Å². The van der Waals surface area contributed by atoms with Crippen LogP contribution in [-0.4, -0.2) is 53.8 Å². The van der Waals surface area contributed by atoms with Crippen molar-refractivity contribution < 1.29 is 28.7 Å². The third-order valence-electron chi connectivity index (χ3n) is 0.261. The van der Waals surface area contributed by atoms with E-state index < -0.39 is 15.2 Å². The summed E-state index contributed by atoms with van der Waals surface area (Å²) in [6.07, 6.45) is 0. The Morgan fingerprint density at radius 3 is 0.909 bits per heavy atom. The van der Waals surface area contributed by atoms with Gasteiger partial charge in [0.2, 0.25) is 0 Å². The van der Waals surface area contributed by atoms with Crippen LogP contribution in [0.25, 0.3) is 0 Å². The summed E-state index contributed by atoms with van der Waals surface area (Å²) in [6, 6.07) is 0.333. The van der Waals surface area contributed by atoms with Crippen molar-refractivity contribution in [3.8, 4) is 11.6 Å². The molecule has 11 nitrogen and oxygen atoms in total. The molecule has 0 aromatic carbocycles. The van der Waals surface area contributed by atoms with Crippen LogP contribution < -0.4 is 16.4 Å². The largest absolute Gasteiger partial charge is 0.426 e. The fourth-order valence-electron chi connectivity index (χ4n) is 0. The number of rotatable bonds is 0. The van der Waals surface area contributed by atoms with Crippen molar-refractivity contribution >= 4 is 15.2 Å². The Morgan fingerprint density at radius 2 is 0.909 bits per heavy atom. The van der Waals surface area contributed by atoms with Gasteiger partial charge >= 0.3 is 15.2 Å². The molecule has 0 bridgehead atoms. The van der Waals surface area contributed by atoms with Crippen LogP contribution in [0.5, 0.6) is 0 Å². The Balaban J connectivity index is -0.0000000568. The third-order valence-corrected chi connectivity index (χ3v) is 0.782. The Labute approximate surface area is 131 Å². The van der Waals surface area contributed by atoms with Gasteiger partial charge in [-0.2, -0.15) is 10.5 Å². The summed E-state index contributed by atoms with van der Waals surface area (Å²) in [5.41, 5.74) is 5.11. The monoisotopic (exact) mass is 363 g/mol. The molecule has 0 saturated carbocycles. The molecule has 0 fully saturated rings. The fraction of sp³-hybridized carbons (Fsp3) is 0.778. The van der Waals surface area contributed by atoms with Crippen LogP contribution in [0.15, 0.2) is 0 Å². The van der Waals surface area contributed by atoms with E-state index in [4.69, 9.17) is 35.8 Å². The molecule has 0 amide bonds. The molecule has 22 heavy (non-hydrogen) atoms. The van der Waals surface area contributed by atoms with E-state index in [1.54, 1.807) is 0 Å². The summed E-state index contributed by atoms with van der Waals surface area (Å²) in [5.74, 6) is 1.54. The first-order valence-electron chi connectivity index (χ1n) is 5.55. The molecule has 13 heteroatoms. The van der Waals surface area contributed by atoms with Crippen molar-refractivity contribution in [2.45, 2.75) is 19.9 Å². The summed E-state index contributed by atoms with van der Waals surface area (Å²) in [5, 5.41) is 20.3. The minimum absolute atomic E-state index is 0.333. The maximum absolute atomic E-state index is 9.33. The van der Waals surface area contributed by atoms with E-state index in [2.05, 4.69) is 10.6 Å². The highest BCUT2D eigenvalue weighted by molar-refractivity contribution is 7.57. The molecule has 0 unspecified atom stereocenters. The van der Waals surface area contributed by atoms with E-state index >= 15 is 0 Å². The summed E-state index contributed by atoms with van der Waals surface area (Å²) in [6.45, 7) is 3.89. The van der Waals surface area contributed by atoms with Gasteiger partial charge in [-0.3, -0.25) is 0 Å². The highest BCUT2D eigenvalue weighted by Gasteiger charge is 2.07. The van der Waals surface area contributed by atoms with Crippen LogP contribution in [0.2, 0.25) is 0 Å². The van der Waals surface area contributed by atoms with Gasteiger partial charge in [-0.1, -0.05) is 13.8 Å². The highest BCUT2D eigenvalue weighted by atomic mass is 31.2. The van der Waals surface area contributed by atoms with Crippen LogP contribution in [0.3, 0.4) is 0 Å². The van der Waals surface area contributed by atoms with Crippen molar-refractivity contribution in [1.82, 2.24) is 10.6 Å². The molecule has 8 N–H and O–H groups in total. The molecule has 0 aliphatic rings. The first kappa shape index (κ1) is 32.9. The molecule has 0 rings (SSSR count). The number of nitrogens with zero attached hydrogens (tertiary/aromatic N) is 2. The highest BCUT2D eigenvalue weighted by Crippen LogP contribution is 2.31. The first-order chi connectivity index (χ1) is 9.68. The topological polar surface area (TPSA) is 213 Å². The molecule has 0 aromatic heterocycles. The molecular formula is C9H27N5O6P2. The minimum Gasteiger partial charge on any atom is -0.328 e. The Hall–Kier alpha value is -0.840. The second kappa shape index (κ2) is 22.4. The van der Waals surface area contributed by atoms with Gasteiger partial charge in [0.25, 0.3) is 0 Å². The third kappa shape index (κ3) is 237. The number of nitriles is 2. The summed E-state index contributed by atoms with van der Waals surface area (Å²) in [7, 11) is -1.18. The van der Waals surface area contributed by atoms with Crippen molar-refractivity contribution in [2.24, 2.45) is 5.73 Å². The van der Waals surface area contributed by atoms with Crippen LogP contribution in [0.4, 0.5) is 0 Å². The molecular weight excluding hydrogens is 336 g/mol. The lowest BCUT2D eigenvalue weighted by Gasteiger charge is -1.81. The van der Waals surface area contributed by atoms with Gasteiger partial charge in [0.15, 0.2) is 11.6 Å². The predicted octanol–water partition coefficient (Wildman–Crippen LogP) is -0.685. The van der Waals surface area contributed by atoms with E-state index in [0.717, 1.165) is 11.6 Å². The minimum atomic E-state index is -4.34. The molecule has 0 atom stereocenters. The van der Waals surface area contributed by atoms with Crippen LogP contribution in [0.1, 0.15) is 13.8 Å². The standard InChI is InChI=1S/C3H9N.2C2H7N.2CH2NO3P/c1-3(2)4;2*1-3-2;2*2-1-6(3,4)5/h3H,4H2,1-2H3;2*3H,1-2H3;2*(H2,3,4,5). The van der Waals surface area contributed by atoms with Gasteiger partial charge < -0.3 is 35.9 Å². The van der Waals surface area contributed by atoms with Gasteiger partial charge in [0, 0.05) is 0 Å². The predicted molar refractivity (Wildman–Crippen MR) is 84.6 cm³/mol. The average molecular weight is 363 g/mol. The smallest absolute Gasteiger partial charge is 0.328 e. The van der Waals surface area contributed by atoms with Gasteiger partial charge in [-0.15, -0.1) is 0 Å². The zero-order valence-corrected chi connectivity index (χ0v) is 15.3. The zero-order chi connectivity index (χ0) is 19.4. The van der Waals surface area contributed by atoms with E-state index in [1.807, 2.05) is 42.0 Å². The molecule has 0 aliphatic carbocycles. The summed E-state index contributed by atoms with van der Waals surface area (Å²) >= 11 is 0. The maximum atomic E-state index is 9.33. The SMILES string of the molecule is CC(C)N.CNC.CNC.N#CP(=O)(O)O.N#CP(=O)(O)O. The second-order valence-corrected chi connectivity index (χ2v) is 6.11. The fourth-order valence-corrected chi connectivity index (χ4v) is 0. The van der Waals surface area contributed by atoms with E-state index in [9.17, 15) is 9.13 Å². The molecule has 0 aliphatic heterocycles. The molecule has 0 aromatic rings. The van der Waals surface area contributed by atoms with E-state index in [-0.39, 0.29) is 0 Å². The van der Waals surface area contributed by atoms with Crippen molar-refractivity contribution in [1.29, 1.82) is 10.5 Å². The Bertz CT molecular complexity index is 344. The number of nitrogens with one attached hydrogen (secondary N) is 2. The molecule has 0 saturated heterocycles. The number of nitrogens with two attached hydrogens (primary N) is 1.